The van der Waals surface area contributed by atoms with Gasteiger partial charge in [0.05, 0.1) is 0 Å². The molecule has 0 amide bonds. The summed E-state index contributed by atoms with van der Waals surface area (Å²) in [5.74, 6) is -2.15. The number of benzene rings is 3. The molecule has 6 nitrogen and oxygen atoms in total. The fourth-order valence-electron chi connectivity index (χ4n) is 3.52. The molecule has 0 aliphatic carbocycles. The quantitative estimate of drug-likeness (QED) is 0.299. The summed E-state index contributed by atoms with van der Waals surface area (Å²) < 4.78 is 10.9. The topological polar surface area (TPSA) is 89.9 Å². The first-order valence-corrected chi connectivity index (χ1v) is 9.55. The molecule has 3 aromatic carbocycles. The van der Waals surface area contributed by atoms with Crippen LogP contribution in [0.4, 0.5) is 0 Å². The number of hydrogen-bond acceptors (Lipinski definition) is 5. The van der Waals surface area contributed by atoms with Gasteiger partial charge in [-0.25, -0.2) is 4.79 Å². The predicted octanol–water partition coefficient (Wildman–Crippen LogP) is 4.04. The van der Waals surface area contributed by atoms with Crippen molar-refractivity contribution in [3.05, 3.63) is 71.8 Å². The highest BCUT2D eigenvalue weighted by Crippen LogP contribution is 2.35. The van der Waals surface area contributed by atoms with E-state index in [-0.39, 0.29) is 12.2 Å². The molecular weight excluding hydrogens is 384 g/mol. The van der Waals surface area contributed by atoms with E-state index >= 15 is 0 Å². The minimum absolute atomic E-state index is 0.263. The molecule has 30 heavy (non-hydrogen) atoms. The zero-order valence-electron chi connectivity index (χ0n) is 16.5. The fraction of sp³-hybridized carbons (Fsp3) is 0.208. The molecule has 3 aromatic rings. The summed E-state index contributed by atoms with van der Waals surface area (Å²) in [7, 11) is 0. The van der Waals surface area contributed by atoms with Crippen molar-refractivity contribution in [1.29, 1.82) is 0 Å². The zero-order valence-corrected chi connectivity index (χ0v) is 16.5. The average molecular weight is 404 g/mol. The summed E-state index contributed by atoms with van der Waals surface area (Å²) in [5.41, 5.74) is -0.223. The summed E-state index contributed by atoms with van der Waals surface area (Å²) in [6.07, 6.45) is 0.263. The molecule has 1 N–H and O–H groups in total. The van der Waals surface area contributed by atoms with Crippen LogP contribution in [0.2, 0.25) is 0 Å². The Hall–Kier alpha value is -3.67. The van der Waals surface area contributed by atoms with Crippen LogP contribution >= 0.6 is 0 Å². The molecule has 1 atom stereocenters. The van der Waals surface area contributed by atoms with Crippen LogP contribution < -0.4 is 9.47 Å². The summed E-state index contributed by atoms with van der Waals surface area (Å²) in [6, 6.07) is 17.5. The van der Waals surface area contributed by atoms with Crippen molar-refractivity contribution in [2.45, 2.75) is 25.9 Å². The van der Waals surface area contributed by atoms with E-state index < -0.39 is 23.5 Å². The van der Waals surface area contributed by atoms with Gasteiger partial charge in [-0.3, -0.25) is 9.59 Å². The number of carbonyl (C=O) groups is 3. The number of Topliss-reactive ketones (excluding diaryl/α,β-unsaturated/α-hetero) is 1. The Balaban J connectivity index is 1.59. The van der Waals surface area contributed by atoms with Gasteiger partial charge in [0.2, 0.25) is 0 Å². The zero-order chi connectivity index (χ0) is 21.5. The highest BCUT2D eigenvalue weighted by molar-refractivity contribution is 6.10. The molecule has 0 fully saturated rings. The summed E-state index contributed by atoms with van der Waals surface area (Å²) in [6.45, 7) is 2.88. The molecule has 1 unspecified atom stereocenters. The second-order valence-electron chi connectivity index (χ2n) is 7.75. The van der Waals surface area contributed by atoms with Gasteiger partial charge in [0, 0.05) is 11.1 Å². The van der Waals surface area contributed by atoms with Crippen LogP contribution in [0.5, 0.6) is 11.5 Å². The van der Waals surface area contributed by atoms with E-state index in [4.69, 9.17) is 14.6 Å². The standard InChI is InChI=1S/C24H20O6/c1-24(2,23(27)28)30-16-10-7-15(8-11-16)21(25)19-13-18-17-6-4-3-5-14(17)9-12-20(18)29-22(19)26/h3-12,19H,13H2,1-2H3,(H,27,28). The molecule has 0 saturated carbocycles. The van der Waals surface area contributed by atoms with Crippen LogP contribution in [0.25, 0.3) is 10.8 Å². The Morgan fingerprint density at radius 3 is 2.43 bits per heavy atom. The molecule has 152 valence electrons. The van der Waals surface area contributed by atoms with Crippen molar-refractivity contribution in [3.8, 4) is 11.5 Å². The minimum atomic E-state index is -1.40. The first-order chi connectivity index (χ1) is 14.3. The van der Waals surface area contributed by atoms with Crippen molar-refractivity contribution in [2.24, 2.45) is 5.92 Å². The number of carboxylic acids is 1. The Labute approximate surface area is 173 Å². The maximum atomic E-state index is 13.0. The lowest BCUT2D eigenvalue weighted by Gasteiger charge is -2.24. The monoisotopic (exact) mass is 404 g/mol. The highest BCUT2D eigenvalue weighted by Gasteiger charge is 2.35. The number of ketones is 1. The van der Waals surface area contributed by atoms with Crippen molar-refractivity contribution >= 4 is 28.5 Å². The number of fused-ring (bicyclic) bond motifs is 3. The molecule has 0 spiro atoms. The van der Waals surface area contributed by atoms with Gasteiger partial charge in [0.1, 0.15) is 17.4 Å². The van der Waals surface area contributed by atoms with E-state index in [0.29, 0.717) is 17.1 Å². The first-order valence-electron chi connectivity index (χ1n) is 9.55. The number of aliphatic carboxylic acids is 1. The van der Waals surface area contributed by atoms with Gasteiger partial charge < -0.3 is 14.6 Å². The van der Waals surface area contributed by atoms with Gasteiger partial charge in [-0.05, 0) is 61.4 Å². The van der Waals surface area contributed by atoms with E-state index in [1.807, 2.05) is 30.3 Å². The molecule has 0 saturated heterocycles. The maximum Gasteiger partial charge on any atom is 0.347 e. The van der Waals surface area contributed by atoms with Crippen molar-refractivity contribution in [2.75, 3.05) is 0 Å². The van der Waals surface area contributed by atoms with Gasteiger partial charge in [-0.1, -0.05) is 30.3 Å². The van der Waals surface area contributed by atoms with Crippen LogP contribution in [0.3, 0.4) is 0 Å². The van der Waals surface area contributed by atoms with E-state index in [9.17, 15) is 14.4 Å². The third kappa shape index (κ3) is 3.52. The molecule has 4 rings (SSSR count). The lowest BCUT2D eigenvalue weighted by atomic mass is 9.87. The molecule has 0 bridgehead atoms. The lowest BCUT2D eigenvalue weighted by molar-refractivity contribution is -0.152. The number of carboxylic acid groups (broad SMARTS) is 1. The van der Waals surface area contributed by atoms with Crippen LogP contribution in [0.1, 0.15) is 29.8 Å². The Morgan fingerprint density at radius 1 is 1.03 bits per heavy atom. The first kappa shape index (κ1) is 19.6. The van der Waals surface area contributed by atoms with Crippen molar-refractivity contribution in [3.63, 3.8) is 0 Å². The lowest BCUT2D eigenvalue weighted by Crippen LogP contribution is -2.37. The van der Waals surface area contributed by atoms with Crippen molar-refractivity contribution < 1.29 is 29.0 Å². The summed E-state index contributed by atoms with van der Waals surface area (Å²) >= 11 is 0. The second kappa shape index (κ2) is 7.30. The number of ether oxygens (including phenoxy) is 2. The number of carbonyl (C=O) groups excluding carboxylic acids is 2. The van der Waals surface area contributed by atoms with E-state index in [0.717, 1.165) is 16.3 Å². The highest BCUT2D eigenvalue weighted by atomic mass is 16.5. The van der Waals surface area contributed by atoms with Gasteiger partial charge >= 0.3 is 11.9 Å². The van der Waals surface area contributed by atoms with Crippen LogP contribution in [-0.2, 0) is 16.0 Å². The smallest absolute Gasteiger partial charge is 0.347 e. The van der Waals surface area contributed by atoms with Crippen LogP contribution in [-0.4, -0.2) is 28.4 Å². The summed E-state index contributed by atoms with van der Waals surface area (Å²) in [4.78, 5) is 36.7. The van der Waals surface area contributed by atoms with Gasteiger partial charge in [0.25, 0.3) is 0 Å². The third-order valence-corrected chi connectivity index (χ3v) is 5.24. The SMILES string of the molecule is CC(C)(Oc1ccc(C(=O)C2Cc3c(ccc4ccccc34)OC2=O)cc1)C(=O)O. The van der Waals surface area contributed by atoms with E-state index in [1.54, 1.807) is 6.07 Å². The predicted molar refractivity (Wildman–Crippen MR) is 110 cm³/mol. The van der Waals surface area contributed by atoms with Gasteiger partial charge in [-0.2, -0.15) is 0 Å². The second-order valence-corrected chi connectivity index (χ2v) is 7.75. The van der Waals surface area contributed by atoms with Crippen LogP contribution in [0.15, 0.2) is 60.7 Å². The summed E-state index contributed by atoms with van der Waals surface area (Å²) in [5, 5.41) is 11.1. The Morgan fingerprint density at radius 2 is 1.73 bits per heavy atom. The molecule has 0 radical (unpaired) electrons. The molecular formula is C24H20O6. The Kier molecular flexibility index (Phi) is 4.78. The van der Waals surface area contributed by atoms with Crippen LogP contribution in [0, 0.1) is 5.92 Å². The Bertz CT molecular complexity index is 1160. The molecule has 1 aliphatic rings. The number of esters is 1. The molecule has 0 aromatic heterocycles. The normalized spacial score (nSPS) is 15.9. The van der Waals surface area contributed by atoms with E-state index in [2.05, 4.69) is 0 Å². The van der Waals surface area contributed by atoms with Gasteiger partial charge in [0.15, 0.2) is 11.4 Å². The third-order valence-electron chi connectivity index (χ3n) is 5.24. The van der Waals surface area contributed by atoms with Crippen molar-refractivity contribution in [1.82, 2.24) is 0 Å². The molecule has 1 aliphatic heterocycles. The average Bonchev–Trinajstić information content (AvgIpc) is 2.73. The fourth-order valence-corrected chi connectivity index (χ4v) is 3.52. The maximum absolute atomic E-state index is 13.0. The molecule has 1 heterocycles. The van der Waals surface area contributed by atoms with Gasteiger partial charge in [-0.15, -0.1) is 0 Å². The number of rotatable bonds is 5. The largest absolute Gasteiger partial charge is 0.478 e. The minimum Gasteiger partial charge on any atom is -0.478 e. The number of hydrogen-bond donors (Lipinski definition) is 1. The molecule has 6 heteroatoms. The van der Waals surface area contributed by atoms with E-state index in [1.165, 1.54) is 38.1 Å².